The van der Waals surface area contributed by atoms with E-state index in [1.165, 1.54) is 11.8 Å². The third-order valence-corrected chi connectivity index (χ3v) is 4.54. The van der Waals surface area contributed by atoms with Crippen LogP contribution in [-0.2, 0) is 4.79 Å². The van der Waals surface area contributed by atoms with Gasteiger partial charge in [-0.15, -0.1) is 11.8 Å². The van der Waals surface area contributed by atoms with Gasteiger partial charge >= 0.3 is 0 Å². The predicted octanol–water partition coefficient (Wildman–Crippen LogP) is 3.98. The van der Waals surface area contributed by atoms with Gasteiger partial charge in [0.25, 0.3) is 0 Å². The number of ether oxygens (including phenoxy) is 3. The van der Waals surface area contributed by atoms with Crippen LogP contribution in [0.2, 0.25) is 0 Å². The van der Waals surface area contributed by atoms with E-state index in [4.69, 9.17) is 14.2 Å². The molecule has 132 valence electrons. The van der Waals surface area contributed by atoms with Crippen LogP contribution in [-0.4, -0.2) is 31.5 Å². The van der Waals surface area contributed by atoms with Crippen LogP contribution in [0.1, 0.15) is 13.3 Å². The molecule has 0 atom stereocenters. The van der Waals surface area contributed by atoms with E-state index < -0.39 is 0 Å². The maximum Gasteiger partial charge on any atom is 0.234 e. The van der Waals surface area contributed by atoms with Gasteiger partial charge in [0.15, 0.2) is 11.5 Å². The Hall–Kier alpha value is -2.34. The molecule has 0 fully saturated rings. The second-order valence-electron chi connectivity index (χ2n) is 5.43. The summed E-state index contributed by atoms with van der Waals surface area (Å²) in [7, 11) is 0. The second kappa shape index (κ2) is 8.67. The minimum absolute atomic E-state index is 0.0794. The van der Waals surface area contributed by atoms with Crippen LogP contribution in [0.3, 0.4) is 0 Å². The topological polar surface area (TPSA) is 56.8 Å². The summed E-state index contributed by atoms with van der Waals surface area (Å²) in [6.07, 6.45) is 0.874. The van der Waals surface area contributed by atoms with Crippen molar-refractivity contribution in [3.63, 3.8) is 0 Å². The van der Waals surface area contributed by atoms with Crippen molar-refractivity contribution in [2.45, 2.75) is 18.2 Å². The maximum absolute atomic E-state index is 12.2. The highest BCUT2D eigenvalue weighted by atomic mass is 32.2. The Morgan fingerprint density at radius 1 is 1.16 bits per heavy atom. The summed E-state index contributed by atoms with van der Waals surface area (Å²) in [5, 5.41) is 2.90. The van der Waals surface area contributed by atoms with Crippen LogP contribution in [0.25, 0.3) is 0 Å². The largest absolute Gasteiger partial charge is 0.492 e. The van der Waals surface area contributed by atoms with Gasteiger partial charge < -0.3 is 19.5 Å². The molecule has 3 rings (SSSR count). The van der Waals surface area contributed by atoms with Crippen molar-refractivity contribution in [3.8, 4) is 17.2 Å². The smallest absolute Gasteiger partial charge is 0.234 e. The van der Waals surface area contributed by atoms with Gasteiger partial charge in [-0.25, -0.2) is 0 Å². The molecule has 25 heavy (non-hydrogen) atoms. The number of benzene rings is 2. The van der Waals surface area contributed by atoms with Crippen LogP contribution in [0.4, 0.5) is 5.69 Å². The normalized spacial score (nSPS) is 13.0. The van der Waals surface area contributed by atoms with Gasteiger partial charge in [-0.05, 0) is 37.3 Å². The Kier molecular flexibility index (Phi) is 6.06. The van der Waals surface area contributed by atoms with Crippen LogP contribution in [0, 0.1) is 0 Å². The molecule has 0 saturated heterocycles. The molecule has 6 heteroatoms. The molecule has 0 radical (unpaired) electrons. The quantitative estimate of drug-likeness (QED) is 0.791. The third-order valence-electron chi connectivity index (χ3n) is 3.55. The van der Waals surface area contributed by atoms with E-state index in [0.29, 0.717) is 37.0 Å². The summed E-state index contributed by atoms with van der Waals surface area (Å²) >= 11 is 1.46. The molecule has 1 N–H and O–H groups in total. The highest BCUT2D eigenvalue weighted by molar-refractivity contribution is 8.00. The number of rotatable bonds is 6. The zero-order valence-electron chi connectivity index (χ0n) is 14.1. The molecular formula is C19H21NO4S. The van der Waals surface area contributed by atoms with Crippen LogP contribution < -0.4 is 19.5 Å². The predicted molar refractivity (Wildman–Crippen MR) is 99.0 cm³/mol. The molecule has 1 aliphatic rings. The Bertz CT molecular complexity index is 735. The van der Waals surface area contributed by atoms with Crippen molar-refractivity contribution >= 4 is 23.4 Å². The molecule has 0 unspecified atom stereocenters. The number of hydrogen-bond acceptors (Lipinski definition) is 5. The Morgan fingerprint density at radius 3 is 2.80 bits per heavy atom. The first-order valence-corrected chi connectivity index (χ1v) is 9.29. The minimum atomic E-state index is -0.0794. The molecule has 1 heterocycles. The molecular weight excluding hydrogens is 338 g/mol. The number of carbonyl (C=O) groups excluding carboxylic acids is 1. The monoisotopic (exact) mass is 359 g/mol. The van der Waals surface area contributed by atoms with Crippen LogP contribution in [0.5, 0.6) is 17.2 Å². The van der Waals surface area contributed by atoms with E-state index in [1.807, 2.05) is 49.4 Å². The molecule has 2 aromatic rings. The van der Waals surface area contributed by atoms with E-state index in [2.05, 4.69) is 5.32 Å². The highest BCUT2D eigenvalue weighted by Crippen LogP contribution is 2.34. The Labute approximate surface area is 151 Å². The van der Waals surface area contributed by atoms with Crippen LogP contribution in [0.15, 0.2) is 47.4 Å². The first kappa shape index (κ1) is 17.5. The molecule has 2 aromatic carbocycles. The lowest BCUT2D eigenvalue weighted by Crippen LogP contribution is -2.14. The zero-order valence-corrected chi connectivity index (χ0v) is 14.9. The van der Waals surface area contributed by atoms with Crippen molar-refractivity contribution < 1.29 is 19.0 Å². The zero-order chi connectivity index (χ0) is 17.5. The lowest BCUT2D eigenvalue weighted by atomic mass is 10.3. The fourth-order valence-corrected chi connectivity index (χ4v) is 3.14. The number of hydrogen-bond donors (Lipinski definition) is 1. The first-order valence-electron chi connectivity index (χ1n) is 8.30. The van der Waals surface area contributed by atoms with Gasteiger partial charge in [0, 0.05) is 11.3 Å². The number of nitrogens with one attached hydrogen (secondary N) is 1. The molecule has 0 spiro atoms. The lowest BCUT2D eigenvalue weighted by Gasteiger charge is -2.11. The van der Waals surface area contributed by atoms with Gasteiger partial charge in [-0.3, -0.25) is 4.79 Å². The molecule has 5 nitrogen and oxygen atoms in total. The van der Waals surface area contributed by atoms with E-state index >= 15 is 0 Å². The lowest BCUT2D eigenvalue weighted by molar-refractivity contribution is -0.113. The number of anilines is 1. The number of thioether (sulfide) groups is 1. The van der Waals surface area contributed by atoms with E-state index in [0.717, 1.165) is 22.8 Å². The van der Waals surface area contributed by atoms with Gasteiger partial charge in [0.05, 0.1) is 31.3 Å². The number of fused-ring (bicyclic) bond motifs is 1. The summed E-state index contributed by atoms with van der Waals surface area (Å²) < 4.78 is 16.8. The van der Waals surface area contributed by atoms with Crippen molar-refractivity contribution in [1.82, 2.24) is 0 Å². The molecule has 1 amide bonds. The van der Waals surface area contributed by atoms with Crippen LogP contribution >= 0.6 is 11.8 Å². The summed E-state index contributed by atoms with van der Waals surface area (Å²) in [6.45, 7) is 3.79. The maximum atomic E-state index is 12.2. The van der Waals surface area contributed by atoms with Crippen molar-refractivity contribution in [1.29, 1.82) is 0 Å². The van der Waals surface area contributed by atoms with Gasteiger partial charge in [-0.2, -0.15) is 0 Å². The molecule has 1 aliphatic heterocycles. The number of amides is 1. The summed E-state index contributed by atoms with van der Waals surface area (Å²) in [6, 6.07) is 13.2. The van der Waals surface area contributed by atoms with Crippen molar-refractivity contribution in [2.75, 3.05) is 30.9 Å². The van der Waals surface area contributed by atoms with E-state index in [-0.39, 0.29) is 5.91 Å². The molecule has 0 saturated carbocycles. The van der Waals surface area contributed by atoms with E-state index in [9.17, 15) is 4.79 Å². The van der Waals surface area contributed by atoms with Crippen molar-refractivity contribution in [2.24, 2.45) is 0 Å². The fraction of sp³-hybridized carbons (Fsp3) is 0.316. The standard InChI is InChI=1S/C19H21NO4S/c1-2-22-16-7-4-3-6-15(16)20-19(21)13-25-14-8-9-17-18(12-14)24-11-5-10-23-17/h3-4,6-9,12H,2,5,10-11,13H2,1H3,(H,20,21). The second-order valence-corrected chi connectivity index (χ2v) is 6.47. The van der Waals surface area contributed by atoms with E-state index in [1.54, 1.807) is 0 Å². The average molecular weight is 359 g/mol. The van der Waals surface area contributed by atoms with Crippen molar-refractivity contribution in [3.05, 3.63) is 42.5 Å². The molecule has 0 bridgehead atoms. The average Bonchev–Trinajstić information content (AvgIpc) is 2.87. The first-order chi connectivity index (χ1) is 12.3. The van der Waals surface area contributed by atoms with Gasteiger partial charge in [-0.1, -0.05) is 12.1 Å². The summed E-state index contributed by atoms with van der Waals surface area (Å²) in [4.78, 5) is 13.2. The molecule has 0 aliphatic carbocycles. The highest BCUT2D eigenvalue weighted by Gasteiger charge is 2.12. The SMILES string of the molecule is CCOc1ccccc1NC(=O)CSc1ccc2c(c1)OCCCO2. The summed E-state index contributed by atoms with van der Waals surface area (Å²) in [5.74, 6) is 2.41. The number of carbonyl (C=O) groups is 1. The summed E-state index contributed by atoms with van der Waals surface area (Å²) in [5.41, 5.74) is 0.689. The molecule has 0 aromatic heterocycles. The van der Waals surface area contributed by atoms with Gasteiger partial charge in [0.1, 0.15) is 5.75 Å². The number of para-hydroxylation sites is 2. The fourth-order valence-electron chi connectivity index (χ4n) is 2.42. The Balaban J connectivity index is 1.58. The third kappa shape index (κ3) is 4.82. The Morgan fingerprint density at radius 2 is 1.96 bits per heavy atom. The minimum Gasteiger partial charge on any atom is -0.492 e. The van der Waals surface area contributed by atoms with Gasteiger partial charge in [0.2, 0.25) is 5.91 Å².